The molecule has 3 rings (SSSR count). The Labute approximate surface area is 127 Å². The average Bonchev–Trinajstić information content (AvgIpc) is 2.70. The molecule has 1 aromatic heterocycles. The van der Waals surface area contributed by atoms with Gasteiger partial charge in [0.2, 0.25) is 0 Å². The van der Waals surface area contributed by atoms with Crippen LogP contribution in [0.4, 0.5) is 0 Å². The first kappa shape index (κ1) is 14.5. The molecule has 112 valence electrons. The maximum absolute atomic E-state index is 6.79. The van der Waals surface area contributed by atoms with Gasteiger partial charge >= 0.3 is 0 Å². The quantitative estimate of drug-likeness (QED) is 0.824. The Morgan fingerprint density at radius 1 is 1.24 bits per heavy atom. The summed E-state index contributed by atoms with van der Waals surface area (Å²) < 4.78 is 0. The molecule has 2 unspecified atom stereocenters. The number of hydrogen-bond donors (Lipinski definition) is 1. The standard InChI is InChI=1S/C19H26N2/c1-2-6-15-7-5-11-19(20,12-10-15)17-13-16-8-3-4-9-18(16)21-14-17/h3-4,8-9,13-15H,2,5-7,10-12,20H2,1H3. The van der Waals surface area contributed by atoms with Crippen LogP contribution in [0.2, 0.25) is 0 Å². The van der Waals surface area contributed by atoms with E-state index in [0.29, 0.717) is 0 Å². The van der Waals surface area contributed by atoms with Crippen LogP contribution in [-0.2, 0) is 5.54 Å². The summed E-state index contributed by atoms with van der Waals surface area (Å²) in [5.41, 5.74) is 8.89. The van der Waals surface area contributed by atoms with Crippen LogP contribution in [0.5, 0.6) is 0 Å². The Bertz CT molecular complexity index is 607. The molecule has 0 spiro atoms. The fourth-order valence-electron chi connectivity index (χ4n) is 3.77. The highest BCUT2D eigenvalue weighted by atomic mass is 14.8. The van der Waals surface area contributed by atoms with Gasteiger partial charge in [-0.25, -0.2) is 0 Å². The molecule has 0 aliphatic heterocycles. The van der Waals surface area contributed by atoms with Gasteiger partial charge in [-0.2, -0.15) is 0 Å². The highest BCUT2D eigenvalue weighted by Gasteiger charge is 2.31. The van der Waals surface area contributed by atoms with Crippen LogP contribution in [-0.4, -0.2) is 4.98 Å². The number of para-hydroxylation sites is 1. The molecule has 2 aromatic rings. The van der Waals surface area contributed by atoms with Crippen LogP contribution in [0.1, 0.15) is 57.4 Å². The summed E-state index contributed by atoms with van der Waals surface area (Å²) in [6, 6.07) is 10.6. The monoisotopic (exact) mass is 282 g/mol. The Balaban J connectivity index is 1.85. The van der Waals surface area contributed by atoms with Crippen molar-refractivity contribution >= 4 is 10.9 Å². The van der Waals surface area contributed by atoms with Crippen molar-refractivity contribution in [1.29, 1.82) is 0 Å². The highest BCUT2D eigenvalue weighted by Crippen LogP contribution is 2.37. The van der Waals surface area contributed by atoms with Crippen LogP contribution in [0.15, 0.2) is 36.5 Å². The molecule has 0 amide bonds. The average molecular weight is 282 g/mol. The number of hydrogen-bond acceptors (Lipinski definition) is 2. The lowest BCUT2D eigenvalue weighted by molar-refractivity contribution is 0.366. The first-order valence-electron chi connectivity index (χ1n) is 8.35. The maximum Gasteiger partial charge on any atom is 0.0702 e. The van der Waals surface area contributed by atoms with E-state index in [0.717, 1.165) is 24.3 Å². The molecule has 21 heavy (non-hydrogen) atoms. The first-order valence-corrected chi connectivity index (χ1v) is 8.35. The zero-order chi connectivity index (χ0) is 14.7. The van der Waals surface area contributed by atoms with Crippen molar-refractivity contribution in [1.82, 2.24) is 4.98 Å². The molecular formula is C19H26N2. The van der Waals surface area contributed by atoms with Crippen molar-refractivity contribution in [3.8, 4) is 0 Å². The Hall–Kier alpha value is -1.41. The van der Waals surface area contributed by atoms with Crippen LogP contribution in [0.3, 0.4) is 0 Å². The second kappa shape index (κ2) is 6.15. The summed E-state index contributed by atoms with van der Waals surface area (Å²) >= 11 is 0. The lowest BCUT2D eigenvalue weighted by atomic mass is 9.84. The predicted octanol–water partition coefficient (Wildman–Crippen LogP) is 4.77. The van der Waals surface area contributed by atoms with E-state index in [-0.39, 0.29) is 5.54 Å². The zero-order valence-electron chi connectivity index (χ0n) is 13.0. The van der Waals surface area contributed by atoms with Gasteiger partial charge < -0.3 is 5.73 Å². The zero-order valence-corrected chi connectivity index (χ0v) is 13.0. The third-order valence-corrected chi connectivity index (χ3v) is 5.10. The van der Waals surface area contributed by atoms with Crippen LogP contribution < -0.4 is 5.73 Å². The normalized spacial score (nSPS) is 26.7. The van der Waals surface area contributed by atoms with E-state index in [4.69, 9.17) is 5.73 Å². The van der Waals surface area contributed by atoms with Gasteiger partial charge in [-0.3, -0.25) is 4.98 Å². The van der Waals surface area contributed by atoms with Crippen molar-refractivity contribution in [3.63, 3.8) is 0 Å². The van der Waals surface area contributed by atoms with Gasteiger partial charge in [0, 0.05) is 17.1 Å². The molecule has 0 bridgehead atoms. The van der Waals surface area contributed by atoms with Gasteiger partial charge in [0.25, 0.3) is 0 Å². The third kappa shape index (κ3) is 3.11. The Kier molecular flexibility index (Phi) is 4.25. The molecule has 2 N–H and O–H groups in total. The molecule has 2 nitrogen and oxygen atoms in total. The Morgan fingerprint density at radius 3 is 2.95 bits per heavy atom. The number of fused-ring (bicyclic) bond motifs is 1. The molecule has 1 aliphatic carbocycles. The van der Waals surface area contributed by atoms with Gasteiger partial charge in [-0.05, 0) is 42.9 Å². The first-order chi connectivity index (χ1) is 10.2. The minimum atomic E-state index is -0.181. The summed E-state index contributed by atoms with van der Waals surface area (Å²) in [4.78, 5) is 4.61. The number of benzene rings is 1. The maximum atomic E-state index is 6.79. The highest BCUT2D eigenvalue weighted by molar-refractivity contribution is 5.78. The molecule has 2 heteroatoms. The molecule has 1 fully saturated rings. The number of pyridine rings is 1. The van der Waals surface area contributed by atoms with E-state index < -0.39 is 0 Å². The van der Waals surface area contributed by atoms with Gasteiger partial charge in [0.15, 0.2) is 0 Å². The lowest BCUT2D eigenvalue weighted by Crippen LogP contribution is -2.36. The second-order valence-electron chi connectivity index (χ2n) is 6.66. The molecule has 1 aliphatic rings. The lowest BCUT2D eigenvalue weighted by Gasteiger charge is -2.28. The minimum absolute atomic E-state index is 0.181. The number of rotatable bonds is 3. The SMILES string of the molecule is CCCC1CCCC(N)(c2cnc3ccccc3c2)CC1. The molecule has 1 heterocycles. The molecule has 2 atom stereocenters. The van der Waals surface area contributed by atoms with E-state index in [1.807, 2.05) is 12.3 Å². The largest absolute Gasteiger partial charge is 0.321 e. The topological polar surface area (TPSA) is 38.9 Å². The molecule has 1 aromatic carbocycles. The van der Waals surface area contributed by atoms with Crippen molar-refractivity contribution < 1.29 is 0 Å². The van der Waals surface area contributed by atoms with E-state index in [2.05, 4.69) is 36.2 Å². The fourth-order valence-corrected chi connectivity index (χ4v) is 3.77. The minimum Gasteiger partial charge on any atom is -0.321 e. The van der Waals surface area contributed by atoms with E-state index >= 15 is 0 Å². The molecule has 1 saturated carbocycles. The van der Waals surface area contributed by atoms with E-state index in [1.165, 1.54) is 43.1 Å². The summed E-state index contributed by atoms with van der Waals surface area (Å²) in [5.74, 6) is 0.869. The molecule has 0 radical (unpaired) electrons. The van der Waals surface area contributed by atoms with Crippen molar-refractivity contribution in [2.45, 2.75) is 57.4 Å². The summed E-state index contributed by atoms with van der Waals surface area (Å²) in [6.07, 6.45) is 10.7. The Morgan fingerprint density at radius 2 is 2.10 bits per heavy atom. The summed E-state index contributed by atoms with van der Waals surface area (Å²) in [7, 11) is 0. The number of aromatic nitrogens is 1. The molecule has 0 saturated heterocycles. The summed E-state index contributed by atoms with van der Waals surface area (Å²) in [6.45, 7) is 2.29. The summed E-state index contributed by atoms with van der Waals surface area (Å²) in [5, 5.41) is 1.20. The van der Waals surface area contributed by atoms with Gasteiger partial charge in [-0.1, -0.05) is 50.8 Å². The molecular weight excluding hydrogens is 256 g/mol. The van der Waals surface area contributed by atoms with Gasteiger partial charge in [0.1, 0.15) is 0 Å². The van der Waals surface area contributed by atoms with E-state index in [1.54, 1.807) is 0 Å². The van der Waals surface area contributed by atoms with Crippen LogP contribution in [0, 0.1) is 5.92 Å². The van der Waals surface area contributed by atoms with Gasteiger partial charge in [-0.15, -0.1) is 0 Å². The van der Waals surface area contributed by atoms with Crippen molar-refractivity contribution in [2.24, 2.45) is 11.7 Å². The smallest absolute Gasteiger partial charge is 0.0702 e. The number of nitrogens with zero attached hydrogens (tertiary/aromatic N) is 1. The second-order valence-corrected chi connectivity index (χ2v) is 6.66. The van der Waals surface area contributed by atoms with Crippen molar-refractivity contribution in [3.05, 3.63) is 42.1 Å². The van der Waals surface area contributed by atoms with Crippen LogP contribution in [0.25, 0.3) is 10.9 Å². The van der Waals surface area contributed by atoms with E-state index in [9.17, 15) is 0 Å². The van der Waals surface area contributed by atoms with Crippen molar-refractivity contribution in [2.75, 3.05) is 0 Å². The predicted molar refractivity (Wildman–Crippen MR) is 89.1 cm³/mol. The van der Waals surface area contributed by atoms with Crippen LogP contribution >= 0.6 is 0 Å². The fraction of sp³-hybridized carbons (Fsp3) is 0.526. The number of nitrogens with two attached hydrogens (primary N) is 1. The third-order valence-electron chi connectivity index (χ3n) is 5.10. The van der Waals surface area contributed by atoms with Gasteiger partial charge in [0.05, 0.1) is 5.52 Å².